The molecule has 1 aliphatic rings. The molecule has 0 bridgehead atoms. The zero-order valence-corrected chi connectivity index (χ0v) is 23.8. The third-order valence-corrected chi connectivity index (χ3v) is 7.07. The molecule has 0 aromatic heterocycles. The van der Waals surface area contributed by atoms with E-state index in [1.807, 2.05) is 30.3 Å². The number of carboxylic acids is 1. The fourth-order valence-electron chi connectivity index (χ4n) is 4.83. The van der Waals surface area contributed by atoms with E-state index < -0.39 is 12.1 Å². The third-order valence-electron chi connectivity index (χ3n) is 7.07. The standard InChI is InChI=1S/C32H35NO3.C2HF3O2/c1-2-10-29(11-3-1)34-20-6-7-21-35-30-16-14-27(15-17-30)31-18-19-33-23-32(31)36-24-25-12-13-26-8-4-5-9-28(26)22-25;3-2(4,5)1(6)7/h1-5,8-17,22,31-33H,6-7,18-21,23-24H2;(H,6,7). The Hall–Kier alpha value is -4.08. The van der Waals surface area contributed by atoms with E-state index >= 15 is 0 Å². The minimum absolute atomic E-state index is 0.154. The lowest BCUT2D eigenvalue weighted by Gasteiger charge is -2.32. The monoisotopic (exact) mass is 595 g/mol. The van der Waals surface area contributed by atoms with Crippen LogP contribution in [-0.4, -0.2) is 49.7 Å². The van der Waals surface area contributed by atoms with E-state index in [9.17, 15) is 13.2 Å². The van der Waals surface area contributed by atoms with Crippen molar-refractivity contribution < 1.29 is 37.3 Å². The number of aliphatic carboxylic acids is 1. The van der Waals surface area contributed by atoms with Crippen LogP contribution >= 0.6 is 0 Å². The molecule has 0 radical (unpaired) electrons. The molecule has 9 heteroatoms. The second-order valence-electron chi connectivity index (χ2n) is 10.2. The summed E-state index contributed by atoms with van der Waals surface area (Å²) in [5.74, 6) is -0.528. The van der Waals surface area contributed by atoms with Crippen molar-refractivity contribution in [1.82, 2.24) is 5.32 Å². The summed E-state index contributed by atoms with van der Waals surface area (Å²) in [6, 6.07) is 33.6. The Morgan fingerprint density at radius 3 is 2.07 bits per heavy atom. The molecule has 0 amide bonds. The van der Waals surface area contributed by atoms with Crippen LogP contribution in [-0.2, 0) is 16.1 Å². The van der Waals surface area contributed by atoms with Crippen LogP contribution in [0.4, 0.5) is 13.2 Å². The van der Waals surface area contributed by atoms with Gasteiger partial charge in [0.1, 0.15) is 11.5 Å². The highest BCUT2D eigenvalue weighted by Gasteiger charge is 2.38. The van der Waals surface area contributed by atoms with Gasteiger partial charge in [-0.25, -0.2) is 4.79 Å². The van der Waals surface area contributed by atoms with Crippen LogP contribution in [0.5, 0.6) is 11.5 Å². The van der Waals surface area contributed by atoms with Crippen molar-refractivity contribution in [2.45, 2.75) is 44.1 Å². The molecule has 1 saturated heterocycles. The number of para-hydroxylation sites is 1. The molecule has 43 heavy (non-hydrogen) atoms. The largest absolute Gasteiger partial charge is 0.494 e. The van der Waals surface area contributed by atoms with E-state index in [-0.39, 0.29) is 6.10 Å². The van der Waals surface area contributed by atoms with E-state index in [0.717, 1.165) is 43.9 Å². The van der Waals surface area contributed by atoms with Crippen molar-refractivity contribution in [3.8, 4) is 11.5 Å². The summed E-state index contributed by atoms with van der Waals surface area (Å²) >= 11 is 0. The smallest absolute Gasteiger partial charge is 0.490 e. The molecule has 2 unspecified atom stereocenters. The molecule has 2 atom stereocenters. The summed E-state index contributed by atoms with van der Waals surface area (Å²) in [5, 5.41) is 13.2. The predicted molar refractivity (Wildman–Crippen MR) is 160 cm³/mol. The number of halogens is 3. The quantitative estimate of drug-likeness (QED) is 0.176. The first-order valence-electron chi connectivity index (χ1n) is 14.3. The summed E-state index contributed by atoms with van der Waals surface area (Å²) in [6.45, 7) is 3.93. The molecule has 0 saturated carbocycles. The number of carbonyl (C=O) groups is 1. The Morgan fingerprint density at radius 1 is 0.814 bits per heavy atom. The number of benzene rings is 4. The maximum atomic E-state index is 10.6. The summed E-state index contributed by atoms with van der Waals surface area (Å²) in [6.07, 6.45) is -1.92. The van der Waals surface area contributed by atoms with E-state index in [0.29, 0.717) is 25.7 Å². The van der Waals surface area contributed by atoms with Gasteiger partial charge >= 0.3 is 12.1 Å². The van der Waals surface area contributed by atoms with Gasteiger partial charge in [0, 0.05) is 12.5 Å². The van der Waals surface area contributed by atoms with Crippen LogP contribution in [0, 0.1) is 0 Å². The van der Waals surface area contributed by atoms with Crippen molar-refractivity contribution in [2.24, 2.45) is 0 Å². The summed E-state index contributed by atoms with van der Waals surface area (Å²) in [5.41, 5.74) is 2.54. The Bertz CT molecular complexity index is 1410. The number of carboxylic acid groups (broad SMARTS) is 1. The molecular formula is C34H36F3NO5. The second-order valence-corrected chi connectivity index (χ2v) is 10.2. The molecular weight excluding hydrogens is 559 g/mol. The fraction of sp³-hybridized carbons (Fsp3) is 0.324. The van der Waals surface area contributed by atoms with Crippen LogP contribution < -0.4 is 14.8 Å². The van der Waals surface area contributed by atoms with Crippen molar-refractivity contribution in [3.63, 3.8) is 0 Å². The van der Waals surface area contributed by atoms with E-state index in [4.69, 9.17) is 24.1 Å². The van der Waals surface area contributed by atoms with E-state index in [1.165, 1.54) is 21.9 Å². The number of ether oxygens (including phenoxy) is 3. The predicted octanol–water partition coefficient (Wildman–Crippen LogP) is 7.37. The number of hydrogen-bond donors (Lipinski definition) is 2. The zero-order chi connectivity index (χ0) is 30.5. The van der Waals surface area contributed by atoms with Crippen LogP contribution in [0.2, 0.25) is 0 Å². The van der Waals surface area contributed by atoms with Crippen molar-refractivity contribution >= 4 is 16.7 Å². The molecule has 5 rings (SSSR count). The molecule has 0 aliphatic carbocycles. The van der Waals surface area contributed by atoms with Gasteiger partial charge in [0.05, 0.1) is 25.9 Å². The molecule has 0 spiro atoms. The maximum absolute atomic E-state index is 10.6. The van der Waals surface area contributed by atoms with Gasteiger partial charge in [0.25, 0.3) is 0 Å². The number of piperidine rings is 1. The van der Waals surface area contributed by atoms with Crippen molar-refractivity contribution in [1.29, 1.82) is 0 Å². The van der Waals surface area contributed by atoms with Gasteiger partial charge in [0.15, 0.2) is 0 Å². The molecule has 2 N–H and O–H groups in total. The minimum Gasteiger partial charge on any atom is -0.494 e. The molecule has 1 aliphatic heterocycles. The highest BCUT2D eigenvalue weighted by molar-refractivity contribution is 5.82. The third kappa shape index (κ3) is 10.3. The first kappa shape index (κ1) is 31.8. The van der Waals surface area contributed by atoms with Crippen molar-refractivity contribution in [2.75, 3.05) is 26.3 Å². The number of fused-ring (bicyclic) bond motifs is 1. The molecule has 1 heterocycles. The lowest BCUT2D eigenvalue weighted by molar-refractivity contribution is -0.192. The number of hydrogen-bond acceptors (Lipinski definition) is 5. The minimum atomic E-state index is -5.08. The highest BCUT2D eigenvalue weighted by atomic mass is 19.4. The molecule has 228 valence electrons. The number of rotatable bonds is 11. The van der Waals surface area contributed by atoms with Gasteiger partial charge in [-0.15, -0.1) is 0 Å². The Labute approximate surface area is 249 Å². The van der Waals surface area contributed by atoms with Crippen molar-refractivity contribution in [3.05, 3.63) is 108 Å². The average Bonchev–Trinajstić information content (AvgIpc) is 3.02. The summed E-state index contributed by atoms with van der Waals surface area (Å²) < 4.78 is 49.9. The van der Waals surface area contributed by atoms with Gasteiger partial charge in [0.2, 0.25) is 0 Å². The van der Waals surface area contributed by atoms with Crippen LogP contribution in [0.3, 0.4) is 0 Å². The second kappa shape index (κ2) is 16.0. The van der Waals surface area contributed by atoms with Gasteiger partial charge < -0.3 is 24.6 Å². The Balaban J connectivity index is 0.000000541. The SMILES string of the molecule is O=C(O)C(F)(F)F.c1ccc(OCCCCOc2ccc(C3CCNCC3OCc3ccc4ccccc4c3)cc2)cc1. The van der Waals surface area contributed by atoms with Gasteiger partial charge in [-0.05, 0) is 78.0 Å². The molecule has 6 nitrogen and oxygen atoms in total. The lowest BCUT2D eigenvalue weighted by atomic mass is 9.87. The lowest BCUT2D eigenvalue weighted by Crippen LogP contribution is -2.40. The van der Waals surface area contributed by atoms with Crippen LogP contribution in [0.15, 0.2) is 97.1 Å². The number of nitrogens with one attached hydrogen (secondary N) is 1. The first-order chi connectivity index (χ1) is 20.8. The molecule has 4 aromatic carbocycles. The Kier molecular flexibility index (Phi) is 11.8. The van der Waals surface area contributed by atoms with E-state index in [1.54, 1.807) is 0 Å². The Morgan fingerprint density at radius 2 is 1.42 bits per heavy atom. The van der Waals surface area contributed by atoms with Gasteiger partial charge in [-0.3, -0.25) is 0 Å². The molecule has 1 fully saturated rings. The highest BCUT2D eigenvalue weighted by Crippen LogP contribution is 2.30. The fourth-order valence-corrected chi connectivity index (χ4v) is 4.83. The normalized spacial score (nSPS) is 16.6. The first-order valence-corrected chi connectivity index (χ1v) is 14.3. The summed E-state index contributed by atoms with van der Waals surface area (Å²) in [7, 11) is 0. The van der Waals surface area contributed by atoms with Crippen LogP contribution in [0.25, 0.3) is 10.8 Å². The number of alkyl halides is 3. The molecule has 4 aromatic rings. The van der Waals surface area contributed by atoms with Gasteiger partial charge in [-0.1, -0.05) is 66.7 Å². The summed E-state index contributed by atoms with van der Waals surface area (Å²) in [4.78, 5) is 8.90. The average molecular weight is 596 g/mol. The van der Waals surface area contributed by atoms with Gasteiger partial charge in [-0.2, -0.15) is 13.2 Å². The van der Waals surface area contributed by atoms with E-state index in [2.05, 4.69) is 72.0 Å². The maximum Gasteiger partial charge on any atom is 0.490 e. The van der Waals surface area contributed by atoms with Crippen LogP contribution in [0.1, 0.15) is 36.3 Å². The number of unbranched alkanes of at least 4 members (excludes halogenated alkanes) is 1. The zero-order valence-electron chi connectivity index (χ0n) is 23.8. The topological polar surface area (TPSA) is 77.0 Å².